The van der Waals surface area contributed by atoms with Gasteiger partial charge in [0.2, 0.25) is 5.95 Å². The normalized spacial score (nSPS) is 23.1. The zero-order valence-electron chi connectivity index (χ0n) is 11.0. The van der Waals surface area contributed by atoms with Gasteiger partial charge in [0.1, 0.15) is 0 Å². The zero-order valence-corrected chi connectivity index (χ0v) is 11.0. The van der Waals surface area contributed by atoms with Gasteiger partial charge in [-0.25, -0.2) is 4.98 Å². The summed E-state index contributed by atoms with van der Waals surface area (Å²) in [6.07, 6.45) is 13.0. The van der Waals surface area contributed by atoms with E-state index in [9.17, 15) is 0 Å². The molecule has 3 rings (SSSR count). The van der Waals surface area contributed by atoms with Gasteiger partial charge in [-0.3, -0.25) is 0 Å². The summed E-state index contributed by atoms with van der Waals surface area (Å²) >= 11 is 0. The summed E-state index contributed by atoms with van der Waals surface area (Å²) in [7, 11) is 0. The first-order valence-electron chi connectivity index (χ1n) is 7.30. The molecule has 2 heterocycles. The third-order valence-corrected chi connectivity index (χ3v) is 4.19. The number of ether oxygens (including phenoxy) is 1. The first kappa shape index (κ1) is 12.0. The Bertz CT molecular complexity index is 365. The number of rotatable bonds is 3. The Morgan fingerprint density at radius 3 is 2.67 bits per heavy atom. The second-order valence-electron chi connectivity index (χ2n) is 5.48. The van der Waals surface area contributed by atoms with Crippen LogP contribution in [0, 0.1) is 0 Å². The zero-order chi connectivity index (χ0) is 12.2. The summed E-state index contributed by atoms with van der Waals surface area (Å²) in [5.41, 5.74) is 0. The molecule has 1 aliphatic carbocycles. The van der Waals surface area contributed by atoms with Crippen LogP contribution in [0.1, 0.15) is 51.0 Å². The van der Waals surface area contributed by atoms with Gasteiger partial charge in [-0.2, -0.15) is 0 Å². The molecular formula is C14H23N3O. The summed E-state index contributed by atoms with van der Waals surface area (Å²) < 4.78 is 7.75. The maximum Gasteiger partial charge on any atom is 0.203 e. The van der Waals surface area contributed by atoms with Crippen molar-refractivity contribution in [1.82, 2.24) is 9.55 Å². The molecule has 1 saturated heterocycles. The van der Waals surface area contributed by atoms with Gasteiger partial charge in [-0.1, -0.05) is 19.3 Å². The van der Waals surface area contributed by atoms with E-state index in [4.69, 9.17) is 4.74 Å². The second-order valence-corrected chi connectivity index (χ2v) is 5.48. The van der Waals surface area contributed by atoms with Crippen molar-refractivity contribution in [3.05, 3.63) is 12.4 Å². The Morgan fingerprint density at radius 1 is 1.11 bits per heavy atom. The predicted molar refractivity (Wildman–Crippen MR) is 71.8 cm³/mol. The molecule has 0 spiro atoms. The molecule has 0 radical (unpaired) electrons. The van der Waals surface area contributed by atoms with E-state index in [1.165, 1.54) is 32.1 Å². The van der Waals surface area contributed by atoms with Crippen LogP contribution in [-0.2, 0) is 4.74 Å². The molecule has 0 aromatic carbocycles. The maximum atomic E-state index is 5.40. The lowest BCUT2D eigenvalue weighted by Gasteiger charge is -2.28. The molecule has 100 valence electrons. The summed E-state index contributed by atoms with van der Waals surface area (Å²) in [6, 6.07) is 1.19. The number of anilines is 1. The summed E-state index contributed by atoms with van der Waals surface area (Å²) in [5.74, 6) is 1.06. The molecule has 0 atom stereocenters. The van der Waals surface area contributed by atoms with Crippen LogP contribution in [0.2, 0.25) is 0 Å². The first-order chi connectivity index (χ1) is 8.93. The Balaban J connectivity index is 1.66. The van der Waals surface area contributed by atoms with Gasteiger partial charge >= 0.3 is 0 Å². The summed E-state index contributed by atoms with van der Waals surface area (Å²) in [6.45, 7) is 1.75. The van der Waals surface area contributed by atoms with Crippen LogP contribution in [0.25, 0.3) is 0 Å². The van der Waals surface area contributed by atoms with E-state index < -0.39 is 0 Å². The Morgan fingerprint density at radius 2 is 1.89 bits per heavy atom. The second kappa shape index (κ2) is 5.74. The average Bonchev–Trinajstić information content (AvgIpc) is 2.89. The molecule has 1 aromatic heterocycles. The summed E-state index contributed by atoms with van der Waals surface area (Å²) in [5, 5.41) is 3.60. The highest BCUT2D eigenvalue weighted by Gasteiger charge is 2.20. The minimum absolute atomic E-state index is 0.531. The Kier molecular flexibility index (Phi) is 3.84. The van der Waals surface area contributed by atoms with Crippen molar-refractivity contribution < 1.29 is 4.74 Å². The third kappa shape index (κ3) is 2.69. The van der Waals surface area contributed by atoms with Crippen LogP contribution in [0.5, 0.6) is 0 Å². The minimum Gasteiger partial charge on any atom is -0.381 e. The molecule has 0 bridgehead atoms. The standard InChI is InChI=1S/C14H23N3O/c1-2-4-13(5-3-1)17-9-8-15-14(17)16-12-6-10-18-11-7-12/h8-9,12-13H,1-7,10-11H2,(H,15,16). The van der Waals surface area contributed by atoms with Crippen molar-refractivity contribution in [3.63, 3.8) is 0 Å². The van der Waals surface area contributed by atoms with Crippen LogP contribution in [0.4, 0.5) is 5.95 Å². The van der Waals surface area contributed by atoms with Crippen molar-refractivity contribution >= 4 is 5.95 Å². The van der Waals surface area contributed by atoms with Gasteiger partial charge < -0.3 is 14.6 Å². The van der Waals surface area contributed by atoms with E-state index >= 15 is 0 Å². The highest BCUT2D eigenvalue weighted by atomic mass is 16.5. The van der Waals surface area contributed by atoms with Crippen molar-refractivity contribution in [2.24, 2.45) is 0 Å². The molecule has 4 nitrogen and oxygen atoms in total. The molecule has 2 fully saturated rings. The van der Waals surface area contributed by atoms with Gasteiger partial charge in [0, 0.05) is 37.7 Å². The number of nitrogens with zero attached hydrogens (tertiary/aromatic N) is 2. The molecule has 0 amide bonds. The molecule has 1 aliphatic heterocycles. The molecule has 4 heteroatoms. The fraction of sp³-hybridized carbons (Fsp3) is 0.786. The molecule has 1 aromatic rings. The van der Waals surface area contributed by atoms with Crippen LogP contribution >= 0.6 is 0 Å². The van der Waals surface area contributed by atoms with Gasteiger partial charge in [-0.05, 0) is 25.7 Å². The van der Waals surface area contributed by atoms with Gasteiger partial charge in [0.15, 0.2) is 0 Å². The number of aromatic nitrogens is 2. The fourth-order valence-electron chi connectivity index (χ4n) is 3.10. The third-order valence-electron chi connectivity index (χ3n) is 4.19. The van der Waals surface area contributed by atoms with E-state index in [0.717, 1.165) is 32.0 Å². The van der Waals surface area contributed by atoms with Crippen LogP contribution < -0.4 is 5.32 Å². The lowest BCUT2D eigenvalue weighted by molar-refractivity contribution is 0.0902. The topological polar surface area (TPSA) is 39.1 Å². The van der Waals surface area contributed by atoms with Crippen molar-refractivity contribution in [1.29, 1.82) is 0 Å². The van der Waals surface area contributed by atoms with Gasteiger partial charge in [0.05, 0.1) is 0 Å². The highest BCUT2D eigenvalue weighted by Crippen LogP contribution is 2.30. The van der Waals surface area contributed by atoms with E-state index in [1.54, 1.807) is 0 Å². The van der Waals surface area contributed by atoms with Crippen molar-refractivity contribution in [2.75, 3.05) is 18.5 Å². The Hall–Kier alpha value is -1.03. The minimum atomic E-state index is 0.531. The molecule has 18 heavy (non-hydrogen) atoms. The van der Waals surface area contributed by atoms with Crippen LogP contribution in [0.3, 0.4) is 0 Å². The first-order valence-corrected chi connectivity index (χ1v) is 7.30. The summed E-state index contributed by atoms with van der Waals surface area (Å²) in [4.78, 5) is 4.50. The van der Waals surface area contributed by atoms with E-state index in [2.05, 4.69) is 21.1 Å². The van der Waals surface area contributed by atoms with Crippen molar-refractivity contribution in [2.45, 2.75) is 57.0 Å². The van der Waals surface area contributed by atoms with Crippen LogP contribution in [0.15, 0.2) is 12.4 Å². The lowest BCUT2D eigenvalue weighted by Crippen LogP contribution is -2.29. The lowest BCUT2D eigenvalue weighted by atomic mass is 9.95. The molecule has 1 saturated carbocycles. The number of imidazole rings is 1. The van der Waals surface area contributed by atoms with E-state index in [0.29, 0.717) is 12.1 Å². The molecular weight excluding hydrogens is 226 g/mol. The van der Waals surface area contributed by atoms with Crippen LogP contribution in [-0.4, -0.2) is 28.8 Å². The number of hydrogen-bond acceptors (Lipinski definition) is 3. The fourth-order valence-corrected chi connectivity index (χ4v) is 3.10. The van der Waals surface area contributed by atoms with Gasteiger partial charge in [0.25, 0.3) is 0 Å². The monoisotopic (exact) mass is 249 g/mol. The molecule has 1 N–H and O–H groups in total. The van der Waals surface area contributed by atoms with Gasteiger partial charge in [-0.15, -0.1) is 0 Å². The Labute approximate surface area is 109 Å². The van der Waals surface area contributed by atoms with Crippen molar-refractivity contribution in [3.8, 4) is 0 Å². The molecule has 2 aliphatic rings. The largest absolute Gasteiger partial charge is 0.381 e. The number of nitrogens with one attached hydrogen (secondary N) is 1. The highest BCUT2D eigenvalue weighted by molar-refractivity contribution is 5.28. The molecule has 0 unspecified atom stereocenters. The SMILES string of the molecule is c1cn(C2CCCCC2)c(NC2CCOCC2)n1. The average molecular weight is 249 g/mol. The quantitative estimate of drug-likeness (QED) is 0.895. The maximum absolute atomic E-state index is 5.40. The predicted octanol–water partition coefficient (Wildman–Crippen LogP) is 2.98. The smallest absolute Gasteiger partial charge is 0.203 e. The van der Waals surface area contributed by atoms with E-state index in [-0.39, 0.29) is 0 Å². The van der Waals surface area contributed by atoms with E-state index in [1.807, 2.05) is 6.20 Å². The number of hydrogen-bond donors (Lipinski definition) is 1.